The summed E-state index contributed by atoms with van der Waals surface area (Å²) in [5, 5.41) is 12.2. The summed E-state index contributed by atoms with van der Waals surface area (Å²) >= 11 is 8.10. The Morgan fingerprint density at radius 1 is 1.11 bits per heavy atom. The number of nitrogens with zero attached hydrogens (tertiary/aromatic N) is 3. The smallest absolute Gasteiger partial charge is 0.175 e. The number of thioether (sulfide) groups is 1. The molecule has 44 heavy (non-hydrogen) atoms. The first-order valence-corrected chi connectivity index (χ1v) is 17.3. The van der Waals surface area contributed by atoms with Gasteiger partial charge in [0.25, 0.3) is 0 Å². The minimum absolute atomic E-state index is 0.0185. The van der Waals surface area contributed by atoms with Gasteiger partial charge >= 0.3 is 0 Å². The number of sulfone groups is 1. The Kier molecular flexibility index (Phi) is 9.34. The van der Waals surface area contributed by atoms with Crippen molar-refractivity contribution in [1.29, 1.82) is 0 Å². The highest BCUT2D eigenvalue weighted by atomic mass is 35.5. The molecule has 0 radical (unpaired) electrons. The Hall–Kier alpha value is -3.47. The summed E-state index contributed by atoms with van der Waals surface area (Å²) in [6.07, 6.45) is 5.45. The SMILES string of the molecule is COc1cc(C2CC(SCc3ccc(Cl)c(-c4cn[nH]n4)c3)=NC=C(C(C)(C)c3ccc(S(C)(=O)=O)cc3)C2C)ccc1F. The molecule has 0 fully saturated rings. The van der Waals surface area contributed by atoms with Gasteiger partial charge in [0.05, 0.1) is 28.3 Å². The monoisotopic (exact) mass is 652 g/mol. The fraction of sp³-hybridized carbons (Fsp3) is 0.303. The van der Waals surface area contributed by atoms with Gasteiger partial charge < -0.3 is 4.74 Å². The number of hydrogen-bond acceptors (Lipinski definition) is 7. The molecule has 1 aromatic heterocycles. The van der Waals surface area contributed by atoms with Gasteiger partial charge in [-0.1, -0.05) is 56.6 Å². The van der Waals surface area contributed by atoms with Crippen LogP contribution in [-0.4, -0.2) is 42.2 Å². The molecule has 0 saturated carbocycles. The van der Waals surface area contributed by atoms with Crippen LogP contribution in [0.25, 0.3) is 11.3 Å². The second-order valence-corrected chi connectivity index (χ2v) is 15.0. The average molecular weight is 653 g/mol. The molecule has 230 valence electrons. The third-order valence-corrected chi connectivity index (χ3v) is 10.8. The molecular weight excluding hydrogens is 619 g/mol. The van der Waals surface area contributed by atoms with Gasteiger partial charge in [0, 0.05) is 35.6 Å². The summed E-state index contributed by atoms with van der Waals surface area (Å²) in [6.45, 7) is 6.42. The molecule has 5 rings (SSSR count). The lowest BCUT2D eigenvalue weighted by Crippen LogP contribution is -2.27. The minimum atomic E-state index is -3.31. The van der Waals surface area contributed by atoms with Crippen molar-refractivity contribution in [3.63, 3.8) is 0 Å². The van der Waals surface area contributed by atoms with Gasteiger partial charge in [0.15, 0.2) is 21.4 Å². The molecule has 0 spiro atoms. The topological polar surface area (TPSA) is 97.3 Å². The Balaban J connectivity index is 1.50. The Morgan fingerprint density at radius 3 is 2.52 bits per heavy atom. The molecule has 0 saturated heterocycles. The number of aliphatic imine (C=N–C) groups is 1. The van der Waals surface area contributed by atoms with Crippen LogP contribution in [0.4, 0.5) is 4.39 Å². The third-order valence-electron chi connectivity index (χ3n) is 8.29. The number of benzene rings is 3. The lowest BCUT2D eigenvalue weighted by atomic mass is 9.68. The molecule has 1 N–H and O–H groups in total. The van der Waals surface area contributed by atoms with E-state index in [9.17, 15) is 12.8 Å². The lowest BCUT2D eigenvalue weighted by molar-refractivity contribution is 0.384. The van der Waals surface area contributed by atoms with Crippen molar-refractivity contribution in [3.05, 3.63) is 106 Å². The van der Waals surface area contributed by atoms with Gasteiger partial charge in [0.2, 0.25) is 0 Å². The summed E-state index contributed by atoms with van der Waals surface area (Å²) < 4.78 is 43.9. The number of hydrogen-bond donors (Lipinski definition) is 1. The van der Waals surface area contributed by atoms with Crippen LogP contribution in [-0.2, 0) is 21.0 Å². The van der Waals surface area contributed by atoms with E-state index in [0.29, 0.717) is 22.9 Å². The summed E-state index contributed by atoms with van der Waals surface area (Å²) in [5.74, 6) is 0.455. The Morgan fingerprint density at radius 2 is 1.86 bits per heavy atom. The fourth-order valence-electron chi connectivity index (χ4n) is 5.68. The molecule has 0 bridgehead atoms. The molecule has 1 aliphatic heterocycles. The number of H-pyrrole nitrogens is 1. The normalized spacial score (nSPS) is 17.5. The standard InChI is InChI=1S/C33H34ClFN4O3S2/c1-20-25(22-7-13-29(35)31(15-22)42-4)16-32(43-19-21-6-12-28(34)26(14-21)30-18-37-39-38-30)36-17-27(20)33(2,3)23-8-10-24(11-9-23)44(5,40)41/h6-15,17-18,20,25H,16,19H2,1-5H3,(H,37,38,39). The first kappa shape index (κ1) is 31.9. The lowest BCUT2D eigenvalue weighted by Gasteiger charge is -2.35. The Bertz CT molecular complexity index is 1820. The zero-order valence-corrected chi connectivity index (χ0v) is 27.5. The van der Waals surface area contributed by atoms with Crippen LogP contribution >= 0.6 is 23.4 Å². The second-order valence-electron chi connectivity index (χ2n) is 11.5. The summed E-state index contributed by atoms with van der Waals surface area (Å²) in [6, 6.07) is 18.0. The van der Waals surface area contributed by atoms with Gasteiger partial charge in [-0.25, -0.2) is 12.8 Å². The maximum Gasteiger partial charge on any atom is 0.175 e. The van der Waals surface area contributed by atoms with Gasteiger partial charge in [-0.05, 0) is 70.5 Å². The van der Waals surface area contributed by atoms with Crippen LogP contribution in [0.2, 0.25) is 5.02 Å². The van der Waals surface area contributed by atoms with Crippen LogP contribution in [0.5, 0.6) is 5.75 Å². The second kappa shape index (κ2) is 12.9. The van der Waals surface area contributed by atoms with Gasteiger partial charge in [-0.3, -0.25) is 4.99 Å². The molecule has 0 amide bonds. The summed E-state index contributed by atoms with van der Waals surface area (Å²) in [7, 11) is -1.85. The van der Waals surface area contributed by atoms with Crippen molar-refractivity contribution >= 4 is 38.2 Å². The average Bonchev–Trinajstić information content (AvgIpc) is 3.47. The Labute approximate surface area is 266 Å². The maximum atomic E-state index is 14.4. The van der Waals surface area contributed by atoms with Crippen LogP contribution in [0.1, 0.15) is 49.8 Å². The van der Waals surface area contributed by atoms with E-state index >= 15 is 0 Å². The highest BCUT2D eigenvalue weighted by molar-refractivity contribution is 8.13. The number of ether oxygens (including phenoxy) is 1. The predicted octanol–water partition coefficient (Wildman–Crippen LogP) is 7.99. The van der Waals surface area contributed by atoms with E-state index in [1.165, 1.54) is 19.4 Å². The molecular formula is C33H34ClFN4O3S2. The highest BCUT2D eigenvalue weighted by Crippen LogP contribution is 2.46. The number of aromatic amines is 1. The van der Waals surface area contributed by atoms with E-state index in [1.54, 1.807) is 36.2 Å². The van der Waals surface area contributed by atoms with Crippen molar-refractivity contribution in [2.45, 2.75) is 49.2 Å². The summed E-state index contributed by atoms with van der Waals surface area (Å²) in [4.78, 5) is 5.29. The van der Waals surface area contributed by atoms with Crippen molar-refractivity contribution in [3.8, 4) is 17.0 Å². The van der Waals surface area contributed by atoms with E-state index in [-0.39, 0.29) is 22.5 Å². The molecule has 0 aliphatic carbocycles. The van der Waals surface area contributed by atoms with E-state index in [0.717, 1.165) is 32.9 Å². The molecule has 4 aromatic rings. The number of halogens is 2. The van der Waals surface area contributed by atoms with E-state index < -0.39 is 21.1 Å². The summed E-state index contributed by atoms with van der Waals surface area (Å²) in [5.41, 5.74) is 5.10. The van der Waals surface area contributed by atoms with E-state index in [1.807, 2.05) is 42.6 Å². The largest absolute Gasteiger partial charge is 0.494 e. The number of methoxy groups -OCH3 is 1. The van der Waals surface area contributed by atoms with Gasteiger partial charge in [-0.15, -0.1) is 11.8 Å². The zero-order chi connectivity index (χ0) is 31.6. The fourth-order valence-corrected chi connectivity index (χ4v) is 7.46. The van der Waals surface area contributed by atoms with Gasteiger partial charge in [-0.2, -0.15) is 15.4 Å². The van der Waals surface area contributed by atoms with Crippen molar-refractivity contribution in [1.82, 2.24) is 15.4 Å². The number of aromatic nitrogens is 3. The molecule has 7 nitrogen and oxygen atoms in total. The maximum absolute atomic E-state index is 14.4. The van der Waals surface area contributed by atoms with Gasteiger partial charge in [0.1, 0.15) is 5.69 Å². The highest BCUT2D eigenvalue weighted by Gasteiger charge is 2.36. The van der Waals surface area contributed by atoms with E-state index in [2.05, 4.69) is 36.2 Å². The first-order valence-electron chi connectivity index (χ1n) is 14.1. The molecule has 11 heteroatoms. The first-order chi connectivity index (χ1) is 20.9. The molecule has 1 aliphatic rings. The molecule has 2 heterocycles. The van der Waals surface area contributed by atoms with Crippen LogP contribution < -0.4 is 4.74 Å². The predicted molar refractivity (Wildman–Crippen MR) is 176 cm³/mol. The minimum Gasteiger partial charge on any atom is -0.494 e. The van der Waals surface area contributed by atoms with E-state index in [4.69, 9.17) is 21.3 Å². The number of nitrogens with one attached hydrogen (secondary N) is 1. The van der Waals surface area contributed by atoms with Crippen LogP contribution in [0.15, 0.2) is 88.5 Å². The van der Waals surface area contributed by atoms with Crippen LogP contribution in [0, 0.1) is 11.7 Å². The molecule has 3 aromatic carbocycles. The van der Waals surface area contributed by atoms with Crippen molar-refractivity contribution in [2.24, 2.45) is 10.9 Å². The number of allylic oxidation sites excluding steroid dienone is 1. The van der Waals surface area contributed by atoms with Crippen LogP contribution in [0.3, 0.4) is 0 Å². The number of rotatable bonds is 8. The van der Waals surface area contributed by atoms with Crippen molar-refractivity contribution in [2.75, 3.05) is 13.4 Å². The zero-order valence-electron chi connectivity index (χ0n) is 25.1. The third kappa shape index (κ3) is 6.77. The van der Waals surface area contributed by atoms with Crippen molar-refractivity contribution < 1.29 is 17.5 Å². The molecule has 2 atom stereocenters. The molecule has 2 unspecified atom stereocenters. The quantitative estimate of drug-likeness (QED) is 0.207.